The Morgan fingerprint density at radius 2 is 1.57 bits per heavy atom. The van der Waals surface area contributed by atoms with Gasteiger partial charge in [-0.1, -0.05) is 72.1 Å². The van der Waals surface area contributed by atoms with Crippen LogP contribution in [0.3, 0.4) is 0 Å². The van der Waals surface area contributed by atoms with E-state index in [1.807, 2.05) is 0 Å². The molecule has 0 saturated heterocycles. The zero-order valence-electron chi connectivity index (χ0n) is 10.5. The second-order valence-corrected chi connectivity index (χ2v) is 4.50. The van der Waals surface area contributed by atoms with Crippen molar-refractivity contribution in [2.75, 3.05) is 0 Å². The molecule has 0 aliphatic rings. The molecule has 0 N–H and O–H groups in total. The second-order valence-electron chi connectivity index (χ2n) is 4.50. The fourth-order valence-corrected chi connectivity index (χ4v) is 2.16. The average Bonchev–Trinajstić information content (AvgIpc) is 2.18. The molecule has 0 aromatic carbocycles. The number of hydrogen-bond donors (Lipinski definition) is 0. The first-order chi connectivity index (χ1) is 6.85. The highest BCUT2D eigenvalue weighted by Gasteiger charge is 2.05. The summed E-state index contributed by atoms with van der Waals surface area (Å²) in [5, 5.41) is 0. The highest BCUT2D eigenvalue weighted by Crippen LogP contribution is 2.20. The fraction of sp³-hybridized carbons (Fsp3) is 0.929. The molecular formula is C14H29. The molecule has 0 fully saturated rings. The van der Waals surface area contributed by atoms with Gasteiger partial charge in [-0.3, -0.25) is 0 Å². The van der Waals surface area contributed by atoms with E-state index in [0.717, 1.165) is 5.92 Å². The van der Waals surface area contributed by atoms with Crippen LogP contribution in [0.1, 0.15) is 78.6 Å². The van der Waals surface area contributed by atoms with Gasteiger partial charge in [-0.15, -0.1) is 0 Å². The van der Waals surface area contributed by atoms with E-state index in [-0.39, 0.29) is 0 Å². The molecule has 1 unspecified atom stereocenters. The Kier molecular flexibility index (Phi) is 11.1. The van der Waals surface area contributed by atoms with Crippen molar-refractivity contribution in [3.8, 4) is 0 Å². The summed E-state index contributed by atoms with van der Waals surface area (Å²) >= 11 is 0. The van der Waals surface area contributed by atoms with Gasteiger partial charge in [0.15, 0.2) is 0 Å². The summed E-state index contributed by atoms with van der Waals surface area (Å²) in [5.74, 6) is 0.978. The first-order valence-corrected chi connectivity index (χ1v) is 6.62. The lowest BCUT2D eigenvalue weighted by Gasteiger charge is -2.14. The minimum atomic E-state index is 0.978. The van der Waals surface area contributed by atoms with E-state index in [9.17, 15) is 0 Å². The van der Waals surface area contributed by atoms with Gasteiger partial charge in [-0.25, -0.2) is 0 Å². The first-order valence-electron chi connectivity index (χ1n) is 6.62. The maximum absolute atomic E-state index is 2.34. The Morgan fingerprint density at radius 3 is 2.14 bits per heavy atom. The molecule has 1 atom stereocenters. The van der Waals surface area contributed by atoms with Crippen molar-refractivity contribution in [1.82, 2.24) is 0 Å². The summed E-state index contributed by atoms with van der Waals surface area (Å²) in [7, 11) is 0. The van der Waals surface area contributed by atoms with Crippen LogP contribution in [-0.4, -0.2) is 0 Å². The van der Waals surface area contributed by atoms with Gasteiger partial charge in [0.05, 0.1) is 0 Å². The summed E-state index contributed by atoms with van der Waals surface area (Å²) in [5.41, 5.74) is 0. The van der Waals surface area contributed by atoms with Crippen molar-refractivity contribution in [2.24, 2.45) is 5.92 Å². The Hall–Kier alpha value is 0. The van der Waals surface area contributed by atoms with E-state index >= 15 is 0 Å². The van der Waals surface area contributed by atoms with E-state index in [2.05, 4.69) is 27.2 Å². The predicted octanol–water partition coefficient (Wildman–Crippen LogP) is 5.38. The second kappa shape index (κ2) is 11.1. The van der Waals surface area contributed by atoms with Crippen LogP contribution in [0.15, 0.2) is 0 Å². The molecule has 0 aromatic rings. The maximum Gasteiger partial charge on any atom is -0.0412 e. The van der Waals surface area contributed by atoms with Crippen LogP contribution in [0.2, 0.25) is 0 Å². The van der Waals surface area contributed by atoms with Gasteiger partial charge in [0.1, 0.15) is 0 Å². The van der Waals surface area contributed by atoms with Gasteiger partial charge in [0.2, 0.25) is 0 Å². The third-order valence-electron chi connectivity index (χ3n) is 2.98. The Morgan fingerprint density at radius 1 is 0.857 bits per heavy atom. The fourth-order valence-electron chi connectivity index (χ4n) is 2.16. The molecule has 0 heteroatoms. The van der Waals surface area contributed by atoms with E-state index < -0.39 is 0 Å². The van der Waals surface area contributed by atoms with Crippen molar-refractivity contribution in [2.45, 2.75) is 78.6 Å². The number of unbranched alkanes of at least 4 members (excludes halogenated alkanes) is 4. The zero-order valence-corrected chi connectivity index (χ0v) is 10.5. The monoisotopic (exact) mass is 197 g/mol. The lowest BCUT2D eigenvalue weighted by molar-refractivity contribution is 0.415. The van der Waals surface area contributed by atoms with Crippen molar-refractivity contribution < 1.29 is 0 Å². The van der Waals surface area contributed by atoms with Crippen LogP contribution in [0.25, 0.3) is 0 Å². The largest absolute Gasteiger partial charge is 0.0654 e. The smallest absolute Gasteiger partial charge is 0.0412 e. The SMILES string of the molecule is C[CH]CC(CCC)CCCCCCC. The third-order valence-corrected chi connectivity index (χ3v) is 2.98. The molecule has 0 heterocycles. The van der Waals surface area contributed by atoms with E-state index in [1.54, 1.807) is 0 Å². The van der Waals surface area contributed by atoms with Crippen LogP contribution in [0.4, 0.5) is 0 Å². The van der Waals surface area contributed by atoms with Gasteiger partial charge in [0.25, 0.3) is 0 Å². The van der Waals surface area contributed by atoms with Crippen molar-refractivity contribution >= 4 is 0 Å². The molecule has 0 amide bonds. The van der Waals surface area contributed by atoms with Gasteiger partial charge in [-0.05, 0) is 18.8 Å². The lowest BCUT2D eigenvalue weighted by Crippen LogP contribution is -1.99. The summed E-state index contributed by atoms with van der Waals surface area (Å²) in [6, 6.07) is 0. The van der Waals surface area contributed by atoms with Gasteiger partial charge in [0, 0.05) is 0 Å². The number of rotatable bonds is 10. The normalized spacial score (nSPS) is 11.1. The minimum Gasteiger partial charge on any atom is -0.0654 e. The van der Waals surface area contributed by atoms with Crippen LogP contribution >= 0.6 is 0 Å². The van der Waals surface area contributed by atoms with Crippen molar-refractivity contribution in [3.63, 3.8) is 0 Å². The molecule has 0 saturated carbocycles. The molecule has 0 bridgehead atoms. The summed E-state index contributed by atoms with van der Waals surface area (Å²) in [4.78, 5) is 0. The molecule has 0 aliphatic carbocycles. The van der Waals surface area contributed by atoms with E-state index in [4.69, 9.17) is 0 Å². The van der Waals surface area contributed by atoms with Crippen molar-refractivity contribution in [1.29, 1.82) is 0 Å². The highest BCUT2D eigenvalue weighted by molar-refractivity contribution is 4.66. The molecule has 1 radical (unpaired) electrons. The summed E-state index contributed by atoms with van der Waals surface area (Å²) < 4.78 is 0. The van der Waals surface area contributed by atoms with Crippen LogP contribution < -0.4 is 0 Å². The van der Waals surface area contributed by atoms with Crippen LogP contribution in [0, 0.1) is 12.3 Å². The van der Waals surface area contributed by atoms with Crippen LogP contribution in [-0.2, 0) is 0 Å². The van der Waals surface area contributed by atoms with Gasteiger partial charge < -0.3 is 0 Å². The number of hydrogen-bond acceptors (Lipinski definition) is 0. The van der Waals surface area contributed by atoms with Gasteiger partial charge in [-0.2, -0.15) is 0 Å². The molecule has 85 valence electrons. The molecular weight excluding hydrogens is 168 g/mol. The molecule has 0 aromatic heterocycles. The third kappa shape index (κ3) is 8.59. The van der Waals surface area contributed by atoms with E-state index in [0.29, 0.717) is 0 Å². The highest BCUT2D eigenvalue weighted by atomic mass is 14.1. The zero-order chi connectivity index (χ0) is 10.6. The van der Waals surface area contributed by atoms with E-state index in [1.165, 1.54) is 57.8 Å². The molecule has 14 heavy (non-hydrogen) atoms. The molecule has 0 aliphatic heterocycles. The Balaban J connectivity index is 3.30. The Labute approximate surface area is 91.5 Å². The Bertz CT molecular complexity index is 90.2. The molecule has 0 nitrogen and oxygen atoms in total. The summed E-state index contributed by atoms with van der Waals surface area (Å²) in [6.07, 6.45) is 15.1. The quantitative estimate of drug-likeness (QED) is 0.413. The predicted molar refractivity (Wildman–Crippen MR) is 66.4 cm³/mol. The average molecular weight is 197 g/mol. The minimum absolute atomic E-state index is 0.978. The summed E-state index contributed by atoms with van der Waals surface area (Å²) in [6.45, 7) is 6.78. The van der Waals surface area contributed by atoms with Crippen molar-refractivity contribution in [3.05, 3.63) is 6.42 Å². The van der Waals surface area contributed by atoms with Crippen LogP contribution in [0.5, 0.6) is 0 Å². The molecule has 0 spiro atoms. The first kappa shape index (κ1) is 14.0. The lowest BCUT2D eigenvalue weighted by atomic mass is 9.92. The maximum atomic E-state index is 2.34. The molecule has 0 rings (SSSR count). The topological polar surface area (TPSA) is 0 Å². The standard InChI is InChI=1S/C14H29/c1-4-7-8-9-10-13-14(11-5-2)12-6-3/h5,14H,4,6-13H2,1-3H3. The van der Waals surface area contributed by atoms with Gasteiger partial charge >= 0.3 is 0 Å².